The lowest BCUT2D eigenvalue weighted by atomic mass is 10.1. The molecule has 0 aliphatic heterocycles. The first-order chi connectivity index (χ1) is 12.2. The second-order valence-electron chi connectivity index (χ2n) is 5.56. The van der Waals surface area contributed by atoms with Crippen LogP contribution in [0.2, 0.25) is 0 Å². The minimum Gasteiger partial charge on any atom is -0.494 e. The van der Waals surface area contributed by atoms with Crippen LogP contribution in [0.3, 0.4) is 0 Å². The average molecular weight is 350 g/mol. The second-order valence-corrected chi connectivity index (χ2v) is 6.45. The summed E-state index contributed by atoms with van der Waals surface area (Å²) in [5.74, 6) is 3.28. The van der Waals surface area contributed by atoms with Crippen LogP contribution < -0.4 is 10.1 Å². The molecule has 0 bridgehead atoms. The first-order valence-corrected chi connectivity index (χ1v) is 8.91. The van der Waals surface area contributed by atoms with Crippen LogP contribution in [0.25, 0.3) is 10.2 Å². The molecule has 25 heavy (non-hydrogen) atoms. The fourth-order valence-electron chi connectivity index (χ4n) is 2.43. The summed E-state index contributed by atoms with van der Waals surface area (Å²) in [6.07, 6.45) is 7.04. The van der Waals surface area contributed by atoms with E-state index in [2.05, 4.69) is 16.2 Å². The number of terminal acetylenes is 1. The molecule has 3 rings (SSSR count). The van der Waals surface area contributed by atoms with Gasteiger partial charge in [0.15, 0.2) is 0 Å². The number of fused-ring (bicyclic) bond motifs is 1. The molecule has 4 nitrogen and oxygen atoms in total. The van der Waals surface area contributed by atoms with Crippen LogP contribution in [0.4, 0.5) is 5.69 Å². The molecule has 0 saturated heterocycles. The van der Waals surface area contributed by atoms with E-state index in [1.165, 1.54) is 0 Å². The molecule has 1 N–H and O–H groups in total. The highest BCUT2D eigenvalue weighted by Gasteiger charge is 2.07. The van der Waals surface area contributed by atoms with Gasteiger partial charge in [0.05, 0.1) is 28.8 Å². The first kappa shape index (κ1) is 17.0. The van der Waals surface area contributed by atoms with Crippen molar-refractivity contribution in [3.05, 3.63) is 53.5 Å². The van der Waals surface area contributed by atoms with Crippen LogP contribution in [0, 0.1) is 12.3 Å². The van der Waals surface area contributed by atoms with Crippen LogP contribution in [0.15, 0.2) is 48.0 Å². The minimum absolute atomic E-state index is 0.0617. The van der Waals surface area contributed by atoms with Crippen LogP contribution >= 0.6 is 11.3 Å². The zero-order valence-corrected chi connectivity index (χ0v) is 14.5. The molecule has 1 aromatic heterocycles. The molecule has 0 unspecified atom stereocenters. The number of nitrogens with zero attached hydrogens (tertiary/aromatic N) is 1. The van der Waals surface area contributed by atoms with E-state index in [1.807, 2.05) is 42.5 Å². The molecule has 3 aromatic rings. The summed E-state index contributed by atoms with van der Waals surface area (Å²) < 4.78 is 6.71. The van der Waals surface area contributed by atoms with Gasteiger partial charge in [-0.15, -0.1) is 23.7 Å². The normalized spacial score (nSPS) is 10.4. The Balaban J connectivity index is 1.57. The topological polar surface area (TPSA) is 51.2 Å². The molecule has 0 radical (unpaired) electrons. The van der Waals surface area contributed by atoms with Crippen LogP contribution in [0.5, 0.6) is 5.75 Å². The summed E-state index contributed by atoms with van der Waals surface area (Å²) in [5.41, 5.74) is 4.43. The van der Waals surface area contributed by atoms with Gasteiger partial charge >= 0.3 is 0 Å². The fourth-order valence-corrected chi connectivity index (χ4v) is 3.15. The van der Waals surface area contributed by atoms with Gasteiger partial charge in [-0.2, -0.15) is 0 Å². The van der Waals surface area contributed by atoms with Crippen LogP contribution in [-0.4, -0.2) is 17.5 Å². The number of carbonyl (C=O) groups is 1. The van der Waals surface area contributed by atoms with Gasteiger partial charge in [0.25, 0.3) is 0 Å². The summed E-state index contributed by atoms with van der Waals surface area (Å²) in [6, 6.07) is 13.3. The lowest BCUT2D eigenvalue weighted by Gasteiger charge is -2.08. The van der Waals surface area contributed by atoms with E-state index < -0.39 is 0 Å². The quantitative estimate of drug-likeness (QED) is 0.511. The summed E-state index contributed by atoms with van der Waals surface area (Å²) in [4.78, 5) is 16.5. The monoisotopic (exact) mass is 350 g/mol. The van der Waals surface area contributed by atoms with E-state index in [-0.39, 0.29) is 5.91 Å². The number of anilines is 1. The molecule has 126 valence electrons. The van der Waals surface area contributed by atoms with E-state index in [9.17, 15) is 4.79 Å². The maximum Gasteiger partial charge on any atom is 0.228 e. The predicted octanol–water partition coefficient (Wildman–Crippen LogP) is 4.27. The van der Waals surface area contributed by atoms with E-state index in [0.717, 1.165) is 33.6 Å². The van der Waals surface area contributed by atoms with Gasteiger partial charge in [0, 0.05) is 12.1 Å². The molecule has 0 atom stereocenters. The summed E-state index contributed by atoms with van der Waals surface area (Å²) in [6.45, 7) is 0.578. The van der Waals surface area contributed by atoms with Crippen LogP contribution in [-0.2, 0) is 11.2 Å². The SMILES string of the molecule is C#CCCCOc1cccc(CC(=O)Nc2ccc3ncsc3c2)c1. The Kier molecular flexibility index (Phi) is 5.65. The third kappa shape index (κ3) is 4.82. The molecule has 0 aliphatic carbocycles. The second kappa shape index (κ2) is 8.32. The maximum absolute atomic E-state index is 12.3. The van der Waals surface area contributed by atoms with Gasteiger partial charge in [-0.1, -0.05) is 12.1 Å². The number of aromatic nitrogens is 1. The number of thiazole rings is 1. The largest absolute Gasteiger partial charge is 0.494 e. The Bertz CT molecular complexity index is 911. The molecular weight excluding hydrogens is 332 g/mol. The Morgan fingerprint density at radius 2 is 2.20 bits per heavy atom. The van der Waals surface area contributed by atoms with Gasteiger partial charge in [-0.05, 0) is 42.3 Å². The average Bonchev–Trinajstić information content (AvgIpc) is 3.07. The number of benzene rings is 2. The van der Waals surface area contributed by atoms with Crippen LogP contribution in [0.1, 0.15) is 18.4 Å². The maximum atomic E-state index is 12.3. The zero-order chi connectivity index (χ0) is 17.5. The third-order valence-electron chi connectivity index (χ3n) is 3.61. The Hall–Kier alpha value is -2.84. The van der Waals surface area contributed by atoms with Crippen molar-refractivity contribution in [2.24, 2.45) is 0 Å². The lowest BCUT2D eigenvalue weighted by Crippen LogP contribution is -2.14. The molecule has 0 fully saturated rings. The van der Waals surface area contributed by atoms with Crippen molar-refractivity contribution in [3.8, 4) is 18.1 Å². The van der Waals surface area contributed by atoms with E-state index in [4.69, 9.17) is 11.2 Å². The summed E-state index contributed by atoms with van der Waals surface area (Å²) >= 11 is 1.55. The number of hydrogen-bond donors (Lipinski definition) is 1. The zero-order valence-electron chi connectivity index (χ0n) is 13.7. The molecule has 5 heteroatoms. The molecule has 1 heterocycles. The van der Waals surface area contributed by atoms with Crippen molar-refractivity contribution in [1.29, 1.82) is 0 Å². The first-order valence-electron chi connectivity index (χ1n) is 8.03. The van der Waals surface area contributed by atoms with Crippen molar-refractivity contribution in [2.45, 2.75) is 19.3 Å². The molecule has 0 spiro atoms. The number of nitrogens with one attached hydrogen (secondary N) is 1. The van der Waals surface area contributed by atoms with Gasteiger partial charge in [-0.3, -0.25) is 4.79 Å². The van der Waals surface area contributed by atoms with Crippen molar-refractivity contribution >= 4 is 33.1 Å². The summed E-state index contributed by atoms with van der Waals surface area (Å²) in [7, 11) is 0. The third-order valence-corrected chi connectivity index (χ3v) is 4.40. The summed E-state index contributed by atoms with van der Waals surface area (Å²) in [5, 5.41) is 2.93. The molecular formula is C20H18N2O2S. The highest BCUT2D eigenvalue weighted by molar-refractivity contribution is 7.16. The predicted molar refractivity (Wildman–Crippen MR) is 102 cm³/mol. The van der Waals surface area contributed by atoms with Gasteiger partial charge < -0.3 is 10.1 Å². The highest BCUT2D eigenvalue weighted by atomic mass is 32.1. The number of unbranched alkanes of at least 4 members (excludes halogenated alkanes) is 1. The van der Waals surface area contributed by atoms with Crippen molar-refractivity contribution in [1.82, 2.24) is 4.98 Å². The molecule has 2 aromatic carbocycles. The number of carbonyl (C=O) groups excluding carboxylic acids is 1. The minimum atomic E-state index is -0.0617. The molecule has 1 amide bonds. The number of ether oxygens (including phenoxy) is 1. The smallest absolute Gasteiger partial charge is 0.228 e. The fraction of sp³-hybridized carbons (Fsp3) is 0.200. The Morgan fingerprint density at radius 3 is 3.08 bits per heavy atom. The number of hydrogen-bond acceptors (Lipinski definition) is 4. The van der Waals surface area contributed by atoms with E-state index >= 15 is 0 Å². The Morgan fingerprint density at radius 1 is 1.28 bits per heavy atom. The van der Waals surface area contributed by atoms with Crippen molar-refractivity contribution < 1.29 is 9.53 Å². The molecule has 0 aliphatic rings. The molecule has 0 saturated carbocycles. The van der Waals surface area contributed by atoms with Gasteiger partial charge in [0.1, 0.15) is 5.75 Å². The van der Waals surface area contributed by atoms with Gasteiger partial charge in [-0.25, -0.2) is 4.98 Å². The Labute approximate surface area is 150 Å². The van der Waals surface area contributed by atoms with E-state index in [1.54, 1.807) is 16.8 Å². The lowest BCUT2D eigenvalue weighted by molar-refractivity contribution is -0.115. The number of amides is 1. The number of rotatable bonds is 7. The van der Waals surface area contributed by atoms with E-state index in [0.29, 0.717) is 19.4 Å². The van der Waals surface area contributed by atoms with Gasteiger partial charge in [0.2, 0.25) is 5.91 Å². The van der Waals surface area contributed by atoms with Crippen molar-refractivity contribution in [3.63, 3.8) is 0 Å². The van der Waals surface area contributed by atoms with Crippen molar-refractivity contribution in [2.75, 3.05) is 11.9 Å². The standard InChI is InChI=1S/C20H18N2O2S/c1-2-3-4-10-24-17-7-5-6-15(11-17)12-20(23)22-16-8-9-18-19(13-16)25-14-21-18/h1,5-9,11,13-14H,3-4,10,12H2,(H,22,23). The highest BCUT2D eigenvalue weighted by Crippen LogP contribution is 2.22.